The number of rotatable bonds is 1. The van der Waals surface area contributed by atoms with Crippen LogP contribution < -0.4 is 4.90 Å². The molecule has 0 atom stereocenters. The molecular formula is C12H14N3. The van der Waals surface area contributed by atoms with Crippen molar-refractivity contribution in [1.82, 2.24) is 4.90 Å². The fraction of sp³-hybridized carbons (Fsp3) is 0.333. The number of para-hydroxylation sites is 1. The van der Waals surface area contributed by atoms with Crippen LogP contribution in [-0.2, 0) is 0 Å². The Balaban J connectivity index is 2.19. The molecule has 1 fully saturated rings. The number of benzene rings is 1. The van der Waals surface area contributed by atoms with Crippen LogP contribution >= 0.6 is 0 Å². The van der Waals surface area contributed by atoms with Crippen LogP contribution in [0.25, 0.3) is 0 Å². The van der Waals surface area contributed by atoms with Crippen LogP contribution in [-0.4, -0.2) is 31.1 Å². The molecule has 0 aromatic heterocycles. The van der Waals surface area contributed by atoms with Gasteiger partial charge in [-0.3, -0.25) is 4.90 Å². The van der Waals surface area contributed by atoms with E-state index in [1.54, 1.807) is 0 Å². The lowest BCUT2D eigenvalue weighted by molar-refractivity contribution is 0.344. The first-order chi connectivity index (χ1) is 7.31. The van der Waals surface area contributed by atoms with Gasteiger partial charge in [-0.15, -0.1) is 0 Å². The van der Waals surface area contributed by atoms with Crippen LogP contribution in [0, 0.1) is 18.4 Å². The first kappa shape index (κ1) is 10.0. The van der Waals surface area contributed by atoms with E-state index in [1.807, 2.05) is 24.3 Å². The number of piperazine rings is 1. The zero-order valence-electron chi connectivity index (χ0n) is 8.69. The minimum absolute atomic E-state index is 0.759. The highest BCUT2D eigenvalue weighted by atomic mass is 15.2. The third kappa shape index (κ3) is 2.11. The van der Waals surface area contributed by atoms with Gasteiger partial charge >= 0.3 is 0 Å². The molecule has 1 heterocycles. The van der Waals surface area contributed by atoms with Crippen LogP contribution in [0.1, 0.15) is 5.56 Å². The summed E-state index contributed by atoms with van der Waals surface area (Å²) in [4.78, 5) is 4.31. The van der Waals surface area contributed by atoms with Gasteiger partial charge in [-0.1, -0.05) is 12.1 Å². The average Bonchev–Trinajstić information content (AvgIpc) is 2.30. The summed E-state index contributed by atoms with van der Waals surface area (Å²) in [6.45, 7) is 3.81. The third-order valence-corrected chi connectivity index (χ3v) is 2.74. The average molecular weight is 200 g/mol. The number of hydrogen-bond acceptors (Lipinski definition) is 3. The predicted octanol–water partition coefficient (Wildman–Crippen LogP) is 1.47. The van der Waals surface area contributed by atoms with Crippen molar-refractivity contribution in [1.29, 1.82) is 5.26 Å². The van der Waals surface area contributed by atoms with E-state index >= 15 is 0 Å². The van der Waals surface area contributed by atoms with Gasteiger partial charge in [-0.25, -0.2) is 0 Å². The second-order valence-corrected chi connectivity index (χ2v) is 3.73. The molecule has 0 bridgehead atoms. The number of nitrogens with zero attached hydrogens (tertiary/aromatic N) is 3. The van der Waals surface area contributed by atoms with Crippen molar-refractivity contribution in [2.45, 2.75) is 0 Å². The fourth-order valence-corrected chi connectivity index (χ4v) is 1.83. The lowest BCUT2D eigenvalue weighted by atomic mass is 10.1. The van der Waals surface area contributed by atoms with Crippen LogP contribution in [0.15, 0.2) is 24.3 Å². The summed E-state index contributed by atoms with van der Waals surface area (Å²) in [7, 11) is 3.91. The van der Waals surface area contributed by atoms with Gasteiger partial charge < -0.3 is 4.90 Å². The largest absolute Gasteiger partial charge is 0.368 e. The molecule has 2 rings (SSSR count). The van der Waals surface area contributed by atoms with Crippen molar-refractivity contribution in [3.63, 3.8) is 0 Å². The van der Waals surface area contributed by atoms with E-state index in [4.69, 9.17) is 5.26 Å². The van der Waals surface area contributed by atoms with Gasteiger partial charge in [0.25, 0.3) is 0 Å². The Kier molecular flexibility index (Phi) is 2.89. The van der Waals surface area contributed by atoms with E-state index in [9.17, 15) is 0 Å². The molecule has 15 heavy (non-hydrogen) atoms. The molecule has 1 aliphatic heterocycles. The Bertz CT molecular complexity index is 373. The highest BCUT2D eigenvalue weighted by Crippen LogP contribution is 2.20. The molecule has 1 radical (unpaired) electrons. The zero-order valence-corrected chi connectivity index (χ0v) is 8.69. The van der Waals surface area contributed by atoms with Gasteiger partial charge in [0.15, 0.2) is 0 Å². The molecular weight excluding hydrogens is 186 g/mol. The molecule has 1 aromatic carbocycles. The summed E-state index contributed by atoms with van der Waals surface area (Å²) in [5.41, 5.74) is 1.81. The second kappa shape index (κ2) is 4.33. The molecule has 3 heteroatoms. The van der Waals surface area contributed by atoms with Gasteiger partial charge in [0, 0.05) is 33.2 Å². The number of nitriles is 1. The maximum Gasteiger partial charge on any atom is 0.101 e. The maximum absolute atomic E-state index is 9.00. The summed E-state index contributed by atoms with van der Waals surface area (Å²) >= 11 is 0. The van der Waals surface area contributed by atoms with E-state index in [0.717, 1.165) is 37.4 Å². The Hall–Kier alpha value is -1.53. The summed E-state index contributed by atoms with van der Waals surface area (Å²) < 4.78 is 0. The van der Waals surface area contributed by atoms with E-state index in [1.165, 1.54) is 0 Å². The Morgan fingerprint density at radius 2 is 1.80 bits per heavy atom. The molecule has 0 amide bonds. The lowest BCUT2D eigenvalue weighted by Gasteiger charge is -2.34. The number of hydrogen-bond donors (Lipinski definition) is 0. The maximum atomic E-state index is 9.00. The normalized spacial score (nSPS) is 17.5. The first-order valence-electron chi connectivity index (χ1n) is 5.11. The van der Waals surface area contributed by atoms with Crippen molar-refractivity contribution in [3.8, 4) is 6.07 Å². The quantitative estimate of drug-likeness (QED) is 0.687. The predicted molar refractivity (Wildman–Crippen MR) is 60.3 cm³/mol. The lowest BCUT2D eigenvalue weighted by Crippen LogP contribution is -2.43. The van der Waals surface area contributed by atoms with Crippen molar-refractivity contribution in [2.24, 2.45) is 0 Å². The third-order valence-electron chi connectivity index (χ3n) is 2.74. The molecule has 0 spiro atoms. The smallest absolute Gasteiger partial charge is 0.101 e. The highest BCUT2D eigenvalue weighted by Gasteiger charge is 2.16. The summed E-state index contributed by atoms with van der Waals surface area (Å²) in [5.74, 6) is 0. The standard InChI is InChI=1S/C12H14N3/c1-14-6-8-15(9-7-14)12-5-3-2-4-11(12)10-13/h2-5H,1,6-9H2. The number of anilines is 1. The molecule has 0 saturated carbocycles. The molecule has 1 aromatic rings. The minimum atomic E-state index is 0.759. The summed E-state index contributed by atoms with van der Waals surface area (Å²) in [6, 6.07) is 9.99. The molecule has 1 saturated heterocycles. The minimum Gasteiger partial charge on any atom is -0.368 e. The summed E-state index contributed by atoms with van der Waals surface area (Å²) in [5, 5.41) is 9.00. The van der Waals surface area contributed by atoms with Crippen LogP contribution in [0.4, 0.5) is 5.69 Å². The van der Waals surface area contributed by atoms with Crippen LogP contribution in [0.2, 0.25) is 0 Å². The van der Waals surface area contributed by atoms with E-state index in [0.29, 0.717) is 0 Å². The van der Waals surface area contributed by atoms with E-state index in [-0.39, 0.29) is 0 Å². The van der Waals surface area contributed by atoms with Crippen molar-refractivity contribution >= 4 is 5.69 Å². The van der Waals surface area contributed by atoms with Crippen molar-refractivity contribution in [3.05, 3.63) is 36.9 Å². The second-order valence-electron chi connectivity index (χ2n) is 3.73. The van der Waals surface area contributed by atoms with Gasteiger partial charge in [0.05, 0.1) is 11.3 Å². The first-order valence-corrected chi connectivity index (χ1v) is 5.11. The van der Waals surface area contributed by atoms with Crippen LogP contribution in [0.5, 0.6) is 0 Å². The monoisotopic (exact) mass is 200 g/mol. The highest BCUT2D eigenvalue weighted by molar-refractivity contribution is 5.59. The van der Waals surface area contributed by atoms with Crippen LogP contribution in [0.3, 0.4) is 0 Å². The zero-order chi connectivity index (χ0) is 10.7. The van der Waals surface area contributed by atoms with E-state index < -0.39 is 0 Å². The molecule has 0 N–H and O–H groups in total. The van der Waals surface area contributed by atoms with Gasteiger partial charge in [-0.2, -0.15) is 5.26 Å². The SMILES string of the molecule is [CH2]N1CCN(c2ccccc2C#N)CC1. The molecule has 1 aliphatic rings. The van der Waals surface area contributed by atoms with Gasteiger partial charge in [-0.05, 0) is 12.1 Å². The van der Waals surface area contributed by atoms with Crippen molar-refractivity contribution < 1.29 is 0 Å². The molecule has 0 unspecified atom stereocenters. The van der Waals surface area contributed by atoms with Gasteiger partial charge in [0.1, 0.15) is 6.07 Å². The molecule has 0 aliphatic carbocycles. The van der Waals surface area contributed by atoms with Crippen molar-refractivity contribution in [2.75, 3.05) is 31.1 Å². The van der Waals surface area contributed by atoms with Gasteiger partial charge in [0.2, 0.25) is 0 Å². The Labute approximate surface area is 90.5 Å². The molecule has 3 nitrogen and oxygen atoms in total. The van der Waals surface area contributed by atoms with E-state index in [2.05, 4.69) is 22.9 Å². The molecule has 77 valence electrons. The Morgan fingerprint density at radius 1 is 1.13 bits per heavy atom. The fourth-order valence-electron chi connectivity index (χ4n) is 1.83. The summed E-state index contributed by atoms with van der Waals surface area (Å²) in [6.07, 6.45) is 0. The Morgan fingerprint density at radius 3 is 2.47 bits per heavy atom. The topological polar surface area (TPSA) is 30.3 Å².